The van der Waals surface area contributed by atoms with Gasteiger partial charge in [-0.3, -0.25) is 14.9 Å². The Morgan fingerprint density at radius 2 is 2.28 bits per heavy atom. The number of nitrogens with zero attached hydrogens (tertiary/aromatic N) is 2. The lowest BCUT2D eigenvalue weighted by Gasteiger charge is -2.22. The van der Waals surface area contributed by atoms with Crippen LogP contribution in [0.1, 0.15) is 31.9 Å². The summed E-state index contributed by atoms with van der Waals surface area (Å²) in [5, 5.41) is 5.34. The number of rotatable bonds is 4. The van der Waals surface area contributed by atoms with Crippen LogP contribution in [0.25, 0.3) is 0 Å². The highest BCUT2D eigenvalue weighted by molar-refractivity contribution is 6.01. The van der Waals surface area contributed by atoms with Crippen LogP contribution in [0.4, 0.5) is 5.82 Å². The van der Waals surface area contributed by atoms with Crippen molar-refractivity contribution < 1.29 is 9.59 Å². The standard InChI is InChI=1S/C12H16N4O2/c1-2-3-8-6-10(14-7-13-8)15-9-4-5-11(17)16-12(9)18/h6-7,9H,2-5H2,1H3,(H,13,14,15)(H,16,17,18). The minimum Gasteiger partial charge on any atom is -0.358 e. The third-order valence-corrected chi connectivity index (χ3v) is 2.79. The number of aromatic nitrogens is 2. The molecule has 6 nitrogen and oxygen atoms in total. The number of nitrogens with one attached hydrogen (secondary N) is 2. The van der Waals surface area contributed by atoms with E-state index in [-0.39, 0.29) is 11.8 Å². The zero-order valence-electron chi connectivity index (χ0n) is 10.3. The molecule has 1 aromatic rings. The van der Waals surface area contributed by atoms with Gasteiger partial charge in [-0.25, -0.2) is 9.97 Å². The van der Waals surface area contributed by atoms with E-state index in [0.717, 1.165) is 18.5 Å². The van der Waals surface area contributed by atoms with Crippen LogP contribution in [0.5, 0.6) is 0 Å². The zero-order chi connectivity index (χ0) is 13.0. The maximum Gasteiger partial charge on any atom is 0.249 e. The molecule has 0 radical (unpaired) electrons. The van der Waals surface area contributed by atoms with E-state index in [9.17, 15) is 9.59 Å². The Labute approximate surface area is 105 Å². The molecule has 1 aromatic heterocycles. The summed E-state index contributed by atoms with van der Waals surface area (Å²) in [6.45, 7) is 2.08. The largest absolute Gasteiger partial charge is 0.358 e. The van der Waals surface area contributed by atoms with Crippen LogP contribution < -0.4 is 10.6 Å². The number of anilines is 1. The van der Waals surface area contributed by atoms with E-state index in [1.165, 1.54) is 6.33 Å². The molecule has 0 aromatic carbocycles. The summed E-state index contributed by atoms with van der Waals surface area (Å²) in [5.74, 6) is 0.122. The highest BCUT2D eigenvalue weighted by Crippen LogP contribution is 2.12. The van der Waals surface area contributed by atoms with E-state index >= 15 is 0 Å². The van der Waals surface area contributed by atoms with E-state index in [1.807, 2.05) is 6.07 Å². The van der Waals surface area contributed by atoms with E-state index in [2.05, 4.69) is 27.5 Å². The van der Waals surface area contributed by atoms with Gasteiger partial charge in [0.2, 0.25) is 11.8 Å². The van der Waals surface area contributed by atoms with Crippen molar-refractivity contribution in [1.82, 2.24) is 15.3 Å². The topological polar surface area (TPSA) is 84.0 Å². The van der Waals surface area contributed by atoms with Crippen molar-refractivity contribution in [2.24, 2.45) is 0 Å². The van der Waals surface area contributed by atoms with Gasteiger partial charge in [-0.1, -0.05) is 13.3 Å². The van der Waals surface area contributed by atoms with E-state index < -0.39 is 6.04 Å². The second kappa shape index (κ2) is 5.57. The average molecular weight is 248 g/mol. The molecule has 2 N–H and O–H groups in total. The molecule has 0 saturated carbocycles. The lowest BCUT2D eigenvalue weighted by Crippen LogP contribution is -2.47. The van der Waals surface area contributed by atoms with Crippen LogP contribution in [0.2, 0.25) is 0 Å². The van der Waals surface area contributed by atoms with Crippen LogP contribution >= 0.6 is 0 Å². The first kappa shape index (κ1) is 12.5. The average Bonchev–Trinajstić information content (AvgIpc) is 2.34. The van der Waals surface area contributed by atoms with Crippen molar-refractivity contribution >= 4 is 17.6 Å². The van der Waals surface area contributed by atoms with Crippen molar-refractivity contribution in [2.75, 3.05) is 5.32 Å². The van der Waals surface area contributed by atoms with Crippen LogP contribution in [0, 0.1) is 0 Å². The SMILES string of the molecule is CCCc1cc(NC2CCC(=O)NC2=O)ncn1. The minimum absolute atomic E-state index is 0.215. The van der Waals surface area contributed by atoms with Crippen molar-refractivity contribution in [3.63, 3.8) is 0 Å². The molecule has 18 heavy (non-hydrogen) atoms. The summed E-state index contributed by atoms with van der Waals surface area (Å²) in [6.07, 6.45) is 4.23. The Bertz CT molecular complexity index is 461. The molecule has 0 bridgehead atoms. The first-order valence-electron chi connectivity index (χ1n) is 6.10. The molecule has 96 valence electrons. The normalized spacial score (nSPS) is 19.5. The van der Waals surface area contributed by atoms with Gasteiger partial charge in [0, 0.05) is 18.2 Å². The first-order valence-corrected chi connectivity index (χ1v) is 6.10. The van der Waals surface area contributed by atoms with Gasteiger partial charge in [0.1, 0.15) is 18.2 Å². The van der Waals surface area contributed by atoms with Crippen LogP contribution in [-0.4, -0.2) is 27.8 Å². The Balaban J connectivity index is 2.02. The molecule has 2 heterocycles. The summed E-state index contributed by atoms with van der Waals surface area (Å²) >= 11 is 0. The van der Waals surface area contributed by atoms with Gasteiger partial charge in [-0.05, 0) is 12.8 Å². The Morgan fingerprint density at radius 1 is 1.44 bits per heavy atom. The summed E-state index contributed by atoms with van der Waals surface area (Å²) in [7, 11) is 0. The Kier molecular flexibility index (Phi) is 3.86. The maximum atomic E-state index is 11.6. The van der Waals surface area contributed by atoms with Gasteiger partial charge in [-0.2, -0.15) is 0 Å². The van der Waals surface area contributed by atoms with Crippen LogP contribution in [0.3, 0.4) is 0 Å². The third kappa shape index (κ3) is 3.03. The van der Waals surface area contributed by atoms with E-state index in [4.69, 9.17) is 0 Å². The predicted molar refractivity (Wildman–Crippen MR) is 65.8 cm³/mol. The van der Waals surface area contributed by atoms with Crippen LogP contribution in [0.15, 0.2) is 12.4 Å². The maximum absolute atomic E-state index is 11.6. The number of carbonyl (C=O) groups excluding carboxylic acids is 2. The summed E-state index contributed by atoms with van der Waals surface area (Å²) < 4.78 is 0. The zero-order valence-corrected chi connectivity index (χ0v) is 10.3. The van der Waals surface area contributed by atoms with Gasteiger partial charge in [0.15, 0.2) is 0 Å². The second-order valence-electron chi connectivity index (χ2n) is 4.29. The number of imide groups is 1. The molecular weight excluding hydrogens is 232 g/mol. The van der Waals surface area contributed by atoms with Crippen molar-refractivity contribution in [1.29, 1.82) is 0 Å². The molecule has 6 heteroatoms. The molecule has 1 fully saturated rings. The summed E-state index contributed by atoms with van der Waals surface area (Å²) in [5.41, 5.74) is 0.947. The Hall–Kier alpha value is -1.98. The molecule has 1 unspecified atom stereocenters. The number of piperidine rings is 1. The number of hydrogen-bond acceptors (Lipinski definition) is 5. The lowest BCUT2D eigenvalue weighted by molar-refractivity contribution is -0.133. The smallest absolute Gasteiger partial charge is 0.249 e. The quantitative estimate of drug-likeness (QED) is 0.764. The third-order valence-electron chi connectivity index (χ3n) is 2.79. The number of aryl methyl sites for hydroxylation is 1. The molecule has 1 aliphatic heterocycles. The predicted octanol–water partition coefficient (Wildman–Crippen LogP) is 0.646. The van der Waals surface area contributed by atoms with Crippen molar-refractivity contribution in [2.45, 2.75) is 38.6 Å². The van der Waals surface area contributed by atoms with E-state index in [1.54, 1.807) is 0 Å². The van der Waals surface area contributed by atoms with Gasteiger partial charge >= 0.3 is 0 Å². The Morgan fingerprint density at radius 3 is 3.00 bits per heavy atom. The summed E-state index contributed by atoms with van der Waals surface area (Å²) in [6, 6.07) is 1.44. The van der Waals surface area contributed by atoms with Gasteiger partial charge in [-0.15, -0.1) is 0 Å². The lowest BCUT2D eigenvalue weighted by atomic mass is 10.1. The fraction of sp³-hybridized carbons (Fsp3) is 0.500. The fourth-order valence-electron chi connectivity index (χ4n) is 1.88. The van der Waals surface area contributed by atoms with Crippen LogP contribution in [-0.2, 0) is 16.0 Å². The number of carbonyl (C=O) groups is 2. The highest BCUT2D eigenvalue weighted by Gasteiger charge is 2.26. The highest BCUT2D eigenvalue weighted by atomic mass is 16.2. The molecule has 1 aliphatic rings. The van der Waals surface area contributed by atoms with Crippen molar-refractivity contribution in [3.05, 3.63) is 18.1 Å². The minimum atomic E-state index is -0.396. The molecule has 0 spiro atoms. The second-order valence-corrected chi connectivity index (χ2v) is 4.29. The fourth-order valence-corrected chi connectivity index (χ4v) is 1.88. The molecule has 2 amide bonds. The number of amides is 2. The van der Waals surface area contributed by atoms with Gasteiger partial charge < -0.3 is 5.32 Å². The monoisotopic (exact) mass is 248 g/mol. The molecule has 1 saturated heterocycles. The molecule has 1 atom stereocenters. The molecule has 0 aliphatic carbocycles. The van der Waals surface area contributed by atoms with E-state index in [0.29, 0.717) is 18.7 Å². The van der Waals surface area contributed by atoms with Gasteiger partial charge in [0.05, 0.1) is 0 Å². The first-order chi connectivity index (χ1) is 8.69. The van der Waals surface area contributed by atoms with Crippen molar-refractivity contribution in [3.8, 4) is 0 Å². The molecular formula is C12H16N4O2. The summed E-state index contributed by atoms with van der Waals surface area (Å²) in [4.78, 5) is 30.8. The molecule has 2 rings (SSSR count). The van der Waals surface area contributed by atoms with Gasteiger partial charge in [0.25, 0.3) is 0 Å². The number of hydrogen-bond donors (Lipinski definition) is 2.